The molecule has 42 heavy (non-hydrogen) atoms. The first-order chi connectivity index (χ1) is 19.7. The van der Waals surface area contributed by atoms with Crippen molar-refractivity contribution >= 4 is 17.6 Å². The number of aliphatic carboxylic acids is 1. The number of rotatable bonds is 12. The van der Waals surface area contributed by atoms with Crippen molar-refractivity contribution in [1.82, 2.24) is 4.57 Å². The number of nitrogens with one attached hydrogen (secondary N) is 1. The van der Waals surface area contributed by atoms with E-state index in [9.17, 15) is 29.3 Å². The smallest absolute Gasteiger partial charge is 0.550 e. The molecule has 4 aromatic rings. The average molecular weight is 581 g/mol. The number of hydrogen-bond donors (Lipinski definition) is 3. The Bertz CT molecular complexity index is 1470. The summed E-state index contributed by atoms with van der Waals surface area (Å²) in [6, 6.07) is 24.6. The number of carbonyl (C=O) groups excluding carboxylic acids is 2. The number of amides is 1. The van der Waals surface area contributed by atoms with E-state index in [0.29, 0.717) is 28.9 Å². The molecule has 0 saturated carbocycles. The van der Waals surface area contributed by atoms with Gasteiger partial charge in [0.15, 0.2) is 0 Å². The molecule has 7 nitrogen and oxygen atoms in total. The SMILES string of the molecule is CC(C)n1c(CCC(O)C[C@@H](O)CC(=O)[O-])c(-c2ccc(F)cc2)c(-c2ccccc2)c1C(=O)Nc1ccccc1.[Na+]. The molecule has 1 unspecified atom stereocenters. The van der Waals surface area contributed by atoms with Gasteiger partial charge in [0.1, 0.15) is 11.5 Å². The fourth-order valence-corrected chi connectivity index (χ4v) is 5.21. The monoisotopic (exact) mass is 580 g/mol. The second-order valence-electron chi connectivity index (χ2n) is 10.4. The summed E-state index contributed by atoms with van der Waals surface area (Å²) < 4.78 is 16.0. The van der Waals surface area contributed by atoms with Crippen LogP contribution in [0.3, 0.4) is 0 Å². The van der Waals surface area contributed by atoms with E-state index in [1.807, 2.05) is 66.9 Å². The van der Waals surface area contributed by atoms with Gasteiger partial charge in [-0.2, -0.15) is 0 Å². The van der Waals surface area contributed by atoms with Gasteiger partial charge in [-0.3, -0.25) is 4.79 Å². The van der Waals surface area contributed by atoms with Gasteiger partial charge in [-0.15, -0.1) is 0 Å². The van der Waals surface area contributed by atoms with E-state index < -0.39 is 24.6 Å². The second kappa shape index (κ2) is 15.3. The molecule has 0 spiro atoms. The summed E-state index contributed by atoms with van der Waals surface area (Å²) in [5.74, 6) is -2.10. The van der Waals surface area contributed by atoms with Crippen LogP contribution < -0.4 is 40.0 Å². The summed E-state index contributed by atoms with van der Waals surface area (Å²) in [6.07, 6.45) is -2.43. The van der Waals surface area contributed by atoms with Gasteiger partial charge in [0.05, 0.1) is 12.2 Å². The number of carbonyl (C=O) groups is 2. The molecule has 0 fully saturated rings. The fourth-order valence-electron chi connectivity index (χ4n) is 5.21. The van der Waals surface area contributed by atoms with Crippen molar-refractivity contribution in [2.75, 3.05) is 5.32 Å². The Morgan fingerprint density at radius 1 is 0.857 bits per heavy atom. The van der Waals surface area contributed by atoms with Gasteiger partial charge in [-0.25, -0.2) is 4.39 Å². The van der Waals surface area contributed by atoms with Crippen LogP contribution in [-0.4, -0.2) is 38.9 Å². The Kier molecular flexibility index (Phi) is 12.1. The van der Waals surface area contributed by atoms with Crippen LogP contribution >= 0.6 is 0 Å². The number of benzene rings is 3. The molecule has 0 aliphatic carbocycles. The number of para-hydroxylation sites is 1. The maximum atomic E-state index is 14.0. The van der Waals surface area contributed by atoms with E-state index in [-0.39, 0.29) is 60.2 Å². The maximum absolute atomic E-state index is 14.0. The molecule has 2 atom stereocenters. The van der Waals surface area contributed by atoms with E-state index in [4.69, 9.17) is 0 Å². The molecule has 3 N–H and O–H groups in total. The van der Waals surface area contributed by atoms with Crippen LogP contribution in [0.5, 0.6) is 0 Å². The third-order valence-corrected chi connectivity index (χ3v) is 6.93. The molecule has 9 heteroatoms. The van der Waals surface area contributed by atoms with Crippen LogP contribution in [0.1, 0.15) is 55.3 Å². The average Bonchev–Trinajstić information content (AvgIpc) is 3.28. The van der Waals surface area contributed by atoms with Gasteiger partial charge >= 0.3 is 29.6 Å². The van der Waals surface area contributed by atoms with E-state index in [2.05, 4.69) is 5.32 Å². The molecule has 1 amide bonds. The Morgan fingerprint density at radius 2 is 1.43 bits per heavy atom. The minimum absolute atomic E-state index is 0. The third-order valence-electron chi connectivity index (χ3n) is 6.93. The van der Waals surface area contributed by atoms with Crippen LogP contribution in [0.2, 0.25) is 0 Å². The molecule has 214 valence electrons. The molecule has 0 aliphatic rings. The van der Waals surface area contributed by atoms with Gasteiger partial charge in [-0.1, -0.05) is 60.7 Å². The standard InChI is InChI=1S/C33H35FN2O5.Na/c1-21(2)36-28(18-17-26(37)19-27(38)20-29(39)40)30(23-13-15-24(34)16-14-23)31(22-9-5-3-6-10-22)32(36)33(41)35-25-11-7-4-8-12-25;/h3-16,21,26-27,37-38H,17-20H2,1-2H3,(H,35,41)(H,39,40);/q;+1/p-1/t26?,27-;/m1./s1. The van der Waals surface area contributed by atoms with Crippen molar-refractivity contribution < 1.29 is 58.9 Å². The topological polar surface area (TPSA) is 115 Å². The summed E-state index contributed by atoms with van der Waals surface area (Å²) in [5, 5.41) is 34.6. The molecule has 0 aliphatic heterocycles. The third kappa shape index (κ3) is 8.18. The zero-order chi connectivity index (χ0) is 29.5. The Morgan fingerprint density at radius 3 is 2.00 bits per heavy atom. The fraction of sp³-hybridized carbons (Fsp3) is 0.273. The van der Waals surface area contributed by atoms with E-state index in [1.54, 1.807) is 24.3 Å². The number of carboxylic acid groups (broad SMARTS) is 1. The molecule has 0 bridgehead atoms. The van der Waals surface area contributed by atoms with Crippen LogP contribution in [-0.2, 0) is 11.2 Å². The van der Waals surface area contributed by atoms with Crippen LogP contribution in [0.15, 0.2) is 84.9 Å². The Balaban J connectivity index is 0.00000484. The molecule has 0 radical (unpaired) electrons. The second-order valence-corrected chi connectivity index (χ2v) is 10.4. The molecule has 3 aromatic carbocycles. The molecule has 1 heterocycles. The van der Waals surface area contributed by atoms with Crippen LogP contribution in [0.25, 0.3) is 22.3 Å². The minimum atomic E-state index is -1.39. The maximum Gasteiger partial charge on any atom is 1.00 e. The summed E-state index contributed by atoms with van der Waals surface area (Å²) in [7, 11) is 0. The zero-order valence-electron chi connectivity index (χ0n) is 24.1. The molecule has 1 aromatic heterocycles. The zero-order valence-corrected chi connectivity index (χ0v) is 26.1. The van der Waals surface area contributed by atoms with E-state index >= 15 is 0 Å². The first-order valence-corrected chi connectivity index (χ1v) is 13.7. The van der Waals surface area contributed by atoms with Crippen molar-refractivity contribution in [2.24, 2.45) is 0 Å². The van der Waals surface area contributed by atoms with Gasteiger partial charge in [0.2, 0.25) is 0 Å². The van der Waals surface area contributed by atoms with E-state index in [0.717, 1.165) is 16.8 Å². The first-order valence-electron chi connectivity index (χ1n) is 13.7. The van der Waals surface area contributed by atoms with Gasteiger partial charge in [0.25, 0.3) is 5.91 Å². The number of aromatic nitrogens is 1. The number of hydrogen-bond acceptors (Lipinski definition) is 5. The molecule has 0 saturated heterocycles. The number of carboxylic acids is 1. The predicted octanol–water partition coefficient (Wildman–Crippen LogP) is 1.98. The number of aliphatic hydroxyl groups is 2. The normalized spacial score (nSPS) is 12.4. The molecule has 4 rings (SSSR count). The van der Waals surface area contributed by atoms with Crippen molar-refractivity contribution in [3.8, 4) is 22.3 Å². The molecular weight excluding hydrogens is 546 g/mol. The largest absolute Gasteiger partial charge is 1.00 e. The summed E-state index contributed by atoms with van der Waals surface area (Å²) >= 11 is 0. The van der Waals surface area contributed by atoms with E-state index in [1.165, 1.54) is 12.1 Å². The van der Waals surface area contributed by atoms with Crippen molar-refractivity contribution in [1.29, 1.82) is 0 Å². The summed E-state index contributed by atoms with van der Waals surface area (Å²) in [4.78, 5) is 24.9. The Hall–Kier alpha value is -3.27. The minimum Gasteiger partial charge on any atom is -0.550 e. The number of anilines is 1. The van der Waals surface area contributed by atoms with Gasteiger partial charge in [-0.05, 0) is 68.5 Å². The van der Waals surface area contributed by atoms with Gasteiger partial charge < -0.3 is 30.0 Å². The van der Waals surface area contributed by atoms with Crippen LogP contribution in [0.4, 0.5) is 10.1 Å². The molecular formula is C33H34FN2NaO5. The van der Waals surface area contributed by atoms with Crippen molar-refractivity contribution in [3.05, 3.63) is 102 Å². The Labute approximate surface area is 267 Å². The number of halogens is 1. The summed E-state index contributed by atoms with van der Waals surface area (Å²) in [5.41, 5.74) is 4.75. The first kappa shape index (κ1) is 33.2. The predicted molar refractivity (Wildman–Crippen MR) is 155 cm³/mol. The van der Waals surface area contributed by atoms with Crippen LogP contribution in [0, 0.1) is 5.82 Å². The quantitative estimate of drug-likeness (QED) is 0.222. The van der Waals surface area contributed by atoms with Crippen molar-refractivity contribution in [2.45, 2.75) is 57.8 Å². The van der Waals surface area contributed by atoms with Crippen molar-refractivity contribution in [3.63, 3.8) is 0 Å². The van der Waals surface area contributed by atoms with Gasteiger partial charge in [0, 0.05) is 40.9 Å². The summed E-state index contributed by atoms with van der Waals surface area (Å²) in [6.45, 7) is 3.93. The number of aliphatic hydroxyl groups excluding tert-OH is 2. The number of nitrogens with zero attached hydrogens (tertiary/aromatic N) is 1.